The van der Waals surface area contributed by atoms with Crippen molar-refractivity contribution < 1.29 is 24.5 Å². The van der Waals surface area contributed by atoms with E-state index in [0.717, 1.165) is 0 Å². The standard InChI is InChI=1S/C22H18N2O5/c23-9-12-17(25)7-5-15-19(12)28-20-13(10-24)18(26)8-6-16(20)22(15)14-4-2-1-3-11(14)21(27)29-22/h1-8,25-26H,9-10,23-24H2. The molecule has 0 radical (unpaired) electrons. The van der Waals surface area contributed by atoms with Crippen LogP contribution in [0, 0.1) is 0 Å². The van der Waals surface area contributed by atoms with E-state index in [1.54, 1.807) is 24.3 Å². The first-order valence-corrected chi connectivity index (χ1v) is 9.14. The minimum atomic E-state index is -1.30. The largest absolute Gasteiger partial charge is 0.507 e. The first-order valence-electron chi connectivity index (χ1n) is 9.14. The molecule has 5 rings (SSSR count). The Balaban J connectivity index is 1.95. The summed E-state index contributed by atoms with van der Waals surface area (Å²) in [5, 5.41) is 20.7. The highest BCUT2D eigenvalue weighted by molar-refractivity contribution is 5.97. The zero-order valence-electron chi connectivity index (χ0n) is 15.3. The average molecular weight is 390 g/mol. The molecule has 0 unspecified atom stereocenters. The number of nitrogens with two attached hydrogens (primary N) is 2. The molecule has 0 aliphatic carbocycles. The lowest BCUT2D eigenvalue weighted by Gasteiger charge is -2.38. The molecule has 0 amide bonds. The van der Waals surface area contributed by atoms with Crippen LogP contribution >= 0.6 is 0 Å². The Bertz CT molecular complexity index is 1130. The maximum Gasteiger partial charge on any atom is 0.340 e. The molecule has 2 heterocycles. The van der Waals surface area contributed by atoms with Crippen LogP contribution in [0.4, 0.5) is 0 Å². The van der Waals surface area contributed by atoms with Gasteiger partial charge in [-0.05, 0) is 30.3 Å². The Hall–Kier alpha value is -3.55. The Morgan fingerprint density at radius 1 is 0.793 bits per heavy atom. The monoisotopic (exact) mass is 390 g/mol. The Morgan fingerprint density at radius 2 is 1.34 bits per heavy atom. The number of hydrogen-bond donors (Lipinski definition) is 4. The lowest BCUT2D eigenvalue weighted by molar-refractivity contribution is 0.0223. The van der Waals surface area contributed by atoms with Gasteiger partial charge in [0, 0.05) is 29.8 Å². The number of benzene rings is 3. The van der Waals surface area contributed by atoms with Crippen molar-refractivity contribution in [3.63, 3.8) is 0 Å². The third kappa shape index (κ3) is 2.11. The molecule has 7 nitrogen and oxygen atoms in total. The first-order chi connectivity index (χ1) is 14.0. The summed E-state index contributed by atoms with van der Waals surface area (Å²) in [6, 6.07) is 13.5. The fourth-order valence-corrected chi connectivity index (χ4v) is 4.28. The van der Waals surface area contributed by atoms with Crippen molar-refractivity contribution in [3.05, 3.63) is 81.9 Å². The van der Waals surface area contributed by atoms with Gasteiger partial charge >= 0.3 is 5.97 Å². The van der Waals surface area contributed by atoms with Crippen LogP contribution in [0.3, 0.4) is 0 Å². The van der Waals surface area contributed by atoms with Gasteiger partial charge in [0.25, 0.3) is 0 Å². The highest BCUT2D eigenvalue weighted by atomic mass is 16.6. The van der Waals surface area contributed by atoms with Gasteiger partial charge in [0.1, 0.15) is 23.0 Å². The maximum atomic E-state index is 12.8. The third-order valence-corrected chi connectivity index (χ3v) is 5.61. The molecule has 0 fully saturated rings. The first kappa shape index (κ1) is 17.5. The maximum absolute atomic E-state index is 12.8. The van der Waals surface area contributed by atoms with Gasteiger partial charge in [-0.2, -0.15) is 0 Å². The van der Waals surface area contributed by atoms with Crippen molar-refractivity contribution >= 4 is 5.97 Å². The number of aromatic hydroxyl groups is 2. The SMILES string of the molecule is NCc1c(O)ccc2c1Oc1c(ccc(O)c1CN)C21OC(=O)c2ccccc21. The molecular formula is C22H18N2O5. The molecule has 7 heteroatoms. The van der Waals surface area contributed by atoms with E-state index in [9.17, 15) is 15.0 Å². The van der Waals surface area contributed by atoms with E-state index in [4.69, 9.17) is 20.9 Å². The molecule has 0 bridgehead atoms. The van der Waals surface area contributed by atoms with Crippen molar-refractivity contribution in [1.29, 1.82) is 0 Å². The molecule has 3 aromatic carbocycles. The van der Waals surface area contributed by atoms with E-state index >= 15 is 0 Å². The topological polar surface area (TPSA) is 128 Å². The summed E-state index contributed by atoms with van der Waals surface area (Å²) in [4.78, 5) is 12.8. The van der Waals surface area contributed by atoms with Crippen LogP contribution in [-0.2, 0) is 23.4 Å². The number of carbonyl (C=O) groups excluding carboxylic acids is 1. The predicted octanol–water partition coefficient (Wildman–Crippen LogP) is 2.58. The van der Waals surface area contributed by atoms with E-state index < -0.39 is 11.6 Å². The minimum Gasteiger partial charge on any atom is -0.507 e. The number of hydrogen-bond acceptors (Lipinski definition) is 7. The van der Waals surface area contributed by atoms with E-state index in [2.05, 4.69) is 0 Å². The quantitative estimate of drug-likeness (QED) is 0.495. The number of phenolic OH excluding ortho intramolecular Hbond substituents is 2. The molecular weight excluding hydrogens is 372 g/mol. The van der Waals surface area contributed by atoms with Crippen molar-refractivity contribution in [3.8, 4) is 23.0 Å². The number of carbonyl (C=O) groups is 1. The molecule has 2 aliphatic heterocycles. The molecule has 3 aromatic rings. The molecule has 0 aromatic heterocycles. The van der Waals surface area contributed by atoms with Gasteiger partial charge < -0.3 is 31.2 Å². The molecule has 2 aliphatic rings. The molecule has 0 atom stereocenters. The Kier molecular flexibility index (Phi) is 3.61. The van der Waals surface area contributed by atoms with Crippen LogP contribution in [0.1, 0.15) is 38.2 Å². The lowest BCUT2D eigenvalue weighted by Crippen LogP contribution is -2.34. The van der Waals surface area contributed by atoms with Crippen molar-refractivity contribution in [1.82, 2.24) is 0 Å². The molecule has 29 heavy (non-hydrogen) atoms. The van der Waals surface area contributed by atoms with Crippen molar-refractivity contribution in [2.24, 2.45) is 11.5 Å². The number of esters is 1. The highest BCUT2D eigenvalue weighted by Gasteiger charge is 2.54. The van der Waals surface area contributed by atoms with E-state index in [1.807, 2.05) is 12.1 Å². The molecule has 146 valence electrons. The Morgan fingerprint density at radius 3 is 1.90 bits per heavy atom. The molecule has 1 spiro atoms. The van der Waals surface area contributed by atoms with Gasteiger partial charge in [-0.3, -0.25) is 0 Å². The van der Waals surface area contributed by atoms with E-state index in [-0.39, 0.29) is 24.6 Å². The van der Waals surface area contributed by atoms with Crippen molar-refractivity contribution in [2.45, 2.75) is 18.7 Å². The average Bonchev–Trinajstić information content (AvgIpc) is 3.01. The summed E-state index contributed by atoms with van der Waals surface area (Å²) in [6.45, 7) is 0.0135. The number of ether oxygens (including phenoxy) is 2. The van der Waals surface area contributed by atoms with Gasteiger partial charge in [0.2, 0.25) is 0 Å². The molecule has 6 N–H and O–H groups in total. The van der Waals surface area contributed by atoms with Crippen LogP contribution in [0.2, 0.25) is 0 Å². The summed E-state index contributed by atoms with van der Waals surface area (Å²) in [5.74, 6) is 0.0626. The summed E-state index contributed by atoms with van der Waals surface area (Å²) in [7, 11) is 0. The molecule has 0 saturated heterocycles. The van der Waals surface area contributed by atoms with Crippen LogP contribution in [0.5, 0.6) is 23.0 Å². The smallest absolute Gasteiger partial charge is 0.340 e. The van der Waals surface area contributed by atoms with E-state index in [1.165, 1.54) is 12.1 Å². The normalized spacial score (nSPS) is 15.3. The summed E-state index contributed by atoms with van der Waals surface area (Å²) in [5.41, 5.74) is 13.4. The van der Waals surface area contributed by atoms with Crippen LogP contribution < -0.4 is 16.2 Å². The van der Waals surface area contributed by atoms with Crippen LogP contribution in [0.25, 0.3) is 0 Å². The van der Waals surface area contributed by atoms with E-state index in [0.29, 0.717) is 44.9 Å². The second-order valence-electron chi connectivity index (χ2n) is 7.01. The van der Waals surface area contributed by atoms with Gasteiger partial charge in [-0.15, -0.1) is 0 Å². The minimum absolute atomic E-state index is 0.00673. The van der Waals surface area contributed by atoms with Crippen LogP contribution in [0.15, 0.2) is 48.5 Å². The zero-order valence-corrected chi connectivity index (χ0v) is 15.3. The predicted molar refractivity (Wildman–Crippen MR) is 104 cm³/mol. The van der Waals surface area contributed by atoms with Gasteiger partial charge in [-0.25, -0.2) is 4.79 Å². The number of phenols is 2. The van der Waals surface area contributed by atoms with Gasteiger partial charge in [-0.1, -0.05) is 18.2 Å². The second-order valence-corrected chi connectivity index (χ2v) is 7.01. The highest BCUT2D eigenvalue weighted by Crippen LogP contribution is 2.58. The van der Waals surface area contributed by atoms with Gasteiger partial charge in [0.05, 0.1) is 16.7 Å². The Labute approximate surface area is 166 Å². The fourth-order valence-electron chi connectivity index (χ4n) is 4.28. The zero-order chi connectivity index (χ0) is 20.3. The fraction of sp³-hybridized carbons (Fsp3) is 0.136. The molecule has 0 saturated carbocycles. The second kappa shape index (κ2) is 5.97. The number of fused-ring (bicyclic) bond motifs is 6. The van der Waals surface area contributed by atoms with Gasteiger partial charge in [0.15, 0.2) is 5.60 Å². The van der Waals surface area contributed by atoms with Crippen LogP contribution in [-0.4, -0.2) is 16.2 Å². The van der Waals surface area contributed by atoms with Crippen molar-refractivity contribution in [2.75, 3.05) is 0 Å². The number of rotatable bonds is 2. The summed E-state index contributed by atoms with van der Waals surface area (Å²) in [6.07, 6.45) is 0. The summed E-state index contributed by atoms with van der Waals surface area (Å²) < 4.78 is 12.2. The lowest BCUT2D eigenvalue weighted by atomic mass is 9.76. The summed E-state index contributed by atoms with van der Waals surface area (Å²) >= 11 is 0. The third-order valence-electron chi connectivity index (χ3n) is 5.61.